The molecule has 4 nitrogen and oxygen atoms in total. The molecule has 1 aliphatic carbocycles. The minimum absolute atomic E-state index is 0.394. The molecule has 1 heterocycles. The van der Waals surface area contributed by atoms with Crippen LogP contribution in [0.5, 0.6) is 5.75 Å². The van der Waals surface area contributed by atoms with Crippen molar-refractivity contribution in [3.05, 3.63) is 23.8 Å². The summed E-state index contributed by atoms with van der Waals surface area (Å²) in [6.07, 6.45) is 6.85. The fraction of sp³-hybridized carbons (Fsp3) is 0.625. The van der Waals surface area contributed by atoms with Crippen molar-refractivity contribution in [1.29, 1.82) is 0 Å². The van der Waals surface area contributed by atoms with Crippen molar-refractivity contribution < 1.29 is 13.2 Å². The molecule has 1 aromatic rings. The molecule has 2 aliphatic rings. The summed E-state index contributed by atoms with van der Waals surface area (Å²) >= 11 is 0. The van der Waals surface area contributed by atoms with Crippen molar-refractivity contribution in [1.82, 2.24) is 4.31 Å². The standard InChI is InChI=1S/C16H23NO3S/c1-17(12-13-5-3-2-4-6-13)21(18,19)15-7-8-16-14(11-15)9-10-20-16/h7-8,11,13H,2-6,9-10,12H2,1H3. The first-order chi connectivity index (χ1) is 10.1. The molecule has 0 amide bonds. The van der Waals surface area contributed by atoms with Crippen molar-refractivity contribution >= 4 is 10.0 Å². The monoisotopic (exact) mass is 309 g/mol. The quantitative estimate of drug-likeness (QED) is 0.859. The first-order valence-electron chi connectivity index (χ1n) is 7.79. The molecule has 0 aromatic heterocycles. The van der Waals surface area contributed by atoms with Gasteiger partial charge in [0.05, 0.1) is 11.5 Å². The van der Waals surface area contributed by atoms with Crippen LogP contribution in [-0.2, 0) is 16.4 Å². The van der Waals surface area contributed by atoms with Gasteiger partial charge in [-0.05, 0) is 42.5 Å². The van der Waals surface area contributed by atoms with Gasteiger partial charge in [0.2, 0.25) is 10.0 Å². The highest BCUT2D eigenvalue weighted by Crippen LogP contribution is 2.30. The first-order valence-corrected chi connectivity index (χ1v) is 9.23. The maximum Gasteiger partial charge on any atom is 0.242 e. The van der Waals surface area contributed by atoms with E-state index in [-0.39, 0.29) is 0 Å². The molecule has 1 saturated carbocycles. The highest BCUT2D eigenvalue weighted by molar-refractivity contribution is 7.89. The van der Waals surface area contributed by atoms with E-state index >= 15 is 0 Å². The van der Waals surface area contributed by atoms with Crippen molar-refractivity contribution in [2.24, 2.45) is 5.92 Å². The van der Waals surface area contributed by atoms with E-state index in [4.69, 9.17) is 4.74 Å². The summed E-state index contributed by atoms with van der Waals surface area (Å²) in [6, 6.07) is 5.22. The molecule has 0 N–H and O–H groups in total. The Kier molecular flexibility index (Phi) is 4.22. The van der Waals surface area contributed by atoms with Gasteiger partial charge in [0, 0.05) is 20.0 Å². The van der Waals surface area contributed by atoms with Gasteiger partial charge in [-0.1, -0.05) is 19.3 Å². The lowest BCUT2D eigenvalue weighted by Gasteiger charge is -2.26. The van der Waals surface area contributed by atoms with E-state index in [1.807, 2.05) is 0 Å². The molecular weight excluding hydrogens is 286 g/mol. The zero-order valence-electron chi connectivity index (χ0n) is 12.5. The topological polar surface area (TPSA) is 46.6 Å². The summed E-state index contributed by atoms with van der Waals surface area (Å²) in [6.45, 7) is 1.28. The Morgan fingerprint density at radius 2 is 2.00 bits per heavy atom. The number of nitrogens with zero attached hydrogens (tertiary/aromatic N) is 1. The zero-order valence-corrected chi connectivity index (χ0v) is 13.4. The van der Waals surface area contributed by atoms with Crippen LogP contribution in [0.25, 0.3) is 0 Å². The third-order valence-electron chi connectivity index (χ3n) is 4.61. The summed E-state index contributed by atoms with van der Waals surface area (Å²) < 4.78 is 32.3. The average Bonchev–Trinajstić information content (AvgIpc) is 2.95. The van der Waals surface area contributed by atoms with Crippen LogP contribution in [0.3, 0.4) is 0 Å². The lowest BCUT2D eigenvalue weighted by atomic mass is 9.89. The number of hydrogen-bond acceptors (Lipinski definition) is 3. The first kappa shape index (κ1) is 14.9. The molecule has 0 bridgehead atoms. The lowest BCUT2D eigenvalue weighted by Crippen LogP contribution is -2.32. The molecule has 21 heavy (non-hydrogen) atoms. The smallest absolute Gasteiger partial charge is 0.242 e. The third-order valence-corrected chi connectivity index (χ3v) is 6.43. The third kappa shape index (κ3) is 3.09. The van der Waals surface area contributed by atoms with Crippen molar-refractivity contribution in [2.75, 3.05) is 20.2 Å². The van der Waals surface area contributed by atoms with E-state index in [1.54, 1.807) is 25.2 Å². The molecule has 5 heteroatoms. The summed E-state index contributed by atoms with van der Waals surface area (Å²) in [7, 11) is -1.68. The van der Waals surface area contributed by atoms with E-state index in [2.05, 4.69) is 0 Å². The number of sulfonamides is 1. The molecule has 3 rings (SSSR count). The van der Waals surface area contributed by atoms with Gasteiger partial charge in [-0.2, -0.15) is 0 Å². The van der Waals surface area contributed by atoms with Crippen LogP contribution in [0.1, 0.15) is 37.7 Å². The van der Waals surface area contributed by atoms with Gasteiger partial charge in [-0.25, -0.2) is 12.7 Å². The van der Waals surface area contributed by atoms with Crippen LogP contribution in [0.2, 0.25) is 0 Å². The summed E-state index contributed by atoms with van der Waals surface area (Å²) in [5.41, 5.74) is 1.00. The van der Waals surface area contributed by atoms with E-state index in [0.717, 1.165) is 30.6 Å². The molecule has 1 aliphatic heterocycles. The molecule has 1 aromatic carbocycles. The number of benzene rings is 1. The SMILES string of the molecule is CN(CC1CCCCC1)S(=O)(=O)c1ccc2c(c1)CCO2. The second-order valence-corrected chi connectivity index (χ2v) is 8.20. The summed E-state index contributed by atoms with van der Waals surface area (Å²) in [5.74, 6) is 1.33. The Labute approximate surface area is 127 Å². The highest BCUT2D eigenvalue weighted by atomic mass is 32.2. The minimum atomic E-state index is -3.38. The van der Waals surface area contributed by atoms with Crippen molar-refractivity contribution in [3.8, 4) is 5.75 Å². The van der Waals surface area contributed by atoms with E-state index < -0.39 is 10.0 Å². The van der Waals surface area contributed by atoms with Gasteiger partial charge in [0.15, 0.2) is 0 Å². The number of ether oxygens (including phenoxy) is 1. The number of hydrogen-bond donors (Lipinski definition) is 0. The fourth-order valence-corrected chi connectivity index (χ4v) is 4.63. The predicted octanol–water partition coefficient (Wildman–Crippen LogP) is 2.82. The molecule has 0 atom stereocenters. The molecule has 0 spiro atoms. The predicted molar refractivity (Wildman–Crippen MR) is 82.0 cm³/mol. The molecule has 0 unspecified atom stereocenters. The number of rotatable bonds is 4. The molecule has 116 valence electrons. The van der Waals surface area contributed by atoms with Crippen molar-refractivity contribution in [2.45, 2.75) is 43.4 Å². The van der Waals surface area contributed by atoms with Gasteiger partial charge in [0.25, 0.3) is 0 Å². The Balaban J connectivity index is 1.75. The van der Waals surface area contributed by atoms with Gasteiger partial charge in [-0.3, -0.25) is 0 Å². The summed E-state index contributed by atoms with van der Waals surface area (Å²) in [5, 5.41) is 0. The average molecular weight is 309 g/mol. The van der Waals surface area contributed by atoms with Crippen LogP contribution >= 0.6 is 0 Å². The highest BCUT2D eigenvalue weighted by Gasteiger charge is 2.26. The molecule has 0 radical (unpaired) electrons. The maximum absolute atomic E-state index is 12.7. The summed E-state index contributed by atoms with van der Waals surface area (Å²) in [4.78, 5) is 0.394. The van der Waals surface area contributed by atoms with Crippen molar-refractivity contribution in [3.63, 3.8) is 0 Å². The number of fused-ring (bicyclic) bond motifs is 1. The minimum Gasteiger partial charge on any atom is -0.493 e. The molecular formula is C16H23NO3S. The van der Waals surface area contributed by atoms with Gasteiger partial charge in [-0.15, -0.1) is 0 Å². The Bertz CT molecular complexity index is 606. The Morgan fingerprint density at radius 3 is 2.76 bits per heavy atom. The van der Waals surface area contributed by atoms with Gasteiger partial charge < -0.3 is 4.74 Å². The lowest BCUT2D eigenvalue weighted by molar-refractivity contribution is 0.300. The van der Waals surface area contributed by atoms with Crippen LogP contribution in [0.15, 0.2) is 23.1 Å². The largest absolute Gasteiger partial charge is 0.493 e. The molecule has 0 saturated heterocycles. The van der Waals surface area contributed by atoms with Crippen LogP contribution in [-0.4, -0.2) is 32.9 Å². The zero-order chi connectivity index (χ0) is 14.9. The maximum atomic E-state index is 12.7. The second kappa shape index (κ2) is 5.97. The van der Waals surface area contributed by atoms with Crippen LogP contribution < -0.4 is 4.74 Å². The molecule has 1 fully saturated rings. The van der Waals surface area contributed by atoms with Crippen LogP contribution in [0.4, 0.5) is 0 Å². The van der Waals surface area contributed by atoms with Crippen LogP contribution in [0, 0.1) is 5.92 Å². The van der Waals surface area contributed by atoms with Gasteiger partial charge in [0.1, 0.15) is 5.75 Å². The fourth-order valence-electron chi connectivity index (χ4n) is 3.33. The Hall–Kier alpha value is -1.07. The van der Waals surface area contributed by atoms with E-state index in [1.165, 1.54) is 23.6 Å². The van der Waals surface area contributed by atoms with E-state index in [9.17, 15) is 8.42 Å². The normalized spacial score (nSPS) is 19.5. The van der Waals surface area contributed by atoms with E-state index in [0.29, 0.717) is 24.0 Å². The second-order valence-electron chi connectivity index (χ2n) is 6.16. The Morgan fingerprint density at radius 1 is 1.24 bits per heavy atom. The van der Waals surface area contributed by atoms with Gasteiger partial charge >= 0.3 is 0 Å².